The Balaban J connectivity index is 1.77. The molecule has 0 spiro atoms. The van der Waals surface area contributed by atoms with Gasteiger partial charge in [-0.25, -0.2) is 0 Å². The number of fused-ring (bicyclic) bond motifs is 1. The molecule has 5 nitrogen and oxygen atoms in total. The van der Waals surface area contributed by atoms with Crippen molar-refractivity contribution in [1.29, 1.82) is 0 Å². The van der Waals surface area contributed by atoms with Crippen molar-refractivity contribution < 1.29 is 19.4 Å². The number of methoxy groups -OCH3 is 1. The first kappa shape index (κ1) is 16.3. The second-order valence-corrected chi connectivity index (χ2v) is 5.76. The Morgan fingerprint density at radius 1 is 1.25 bits per heavy atom. The van der Waals surface area contributed by atoms with E-state index in [9.17, 15) is 9.90 Å². The highest BCUT2D eigenvalue weighted by molar-refractivity contribution is 5.77. The van der Waals surface area contributed by atoms with E-state index in [1.54, 1.807) is 7.11 Å². The van der Waals surface area contributed by atoms with Gasteiger partial charge in [0.15, 0.2) is 0 Å². The zero-order chi connectivity index (χ0) is 16.9. The molecule has 1 atom stereocenters. The molecule has 0 saturated heterocycles. The third-order valence-electron chi connectivity index (χ3n) is 4.30. The SMILES string of the molecule is COc1ccc(CCN2CCOc3ccccc3C2C(=O)O)cc1. The molecule has 2 aromatic carbocycles. The lowest BCUT2D eigenvalue weighted by molar-refractivity contribution is -0.143. The van der Waals surface area contributed by atoms with E-state index in [1.165, 1.54) is 0 Å². The van der Waals surface area contributed by atoms with Crippen LogP contribution in [-0.4, -0.2) is 42.8 Å². The largest absolute Gasteiger partial charge is 0.497 e. The van der Waals surface area contributed by atoms with Crippen LogP contribution in [0.1, 0.15) is 17.2 Å². The maximum absolute atomic E-state index is 11.9. The van der Waals surface area contributed by atoms with Crippen LogP contribution >= 0.6 is 0 Å². The molecule has 24 heavy (non-hydrogen) atoms. The van der Waals surface area contributed by atoms with Gasteiger partial charge in [0.05, 0.1) is 7.11 Å². The average Bonchev–Trinajstić information content (AvgIpc) is 2.79. The van der Waals surface area contributed by atoms with E-state index in [0.29, 0.717) is 25.4 Å². The number of hydrogen-bond donors (Lipinski definition) is 1. The van der Waals surface area contributed by atoms with E-state index < -0.39 is 12.0 Å². The van der Waals surface area contributed by atoms with Gasteiger partial charge in [-0.05, 0) is 30.2 Å². The average molecular weight is 327 g/mol. The smallest absolute Gasteiger partial charge is 0.325 e. The molecule has 126 valence electrons. The summed E-state index contributed by atoms with van der Waals surface area (Å²) in [5, 5.41) is 9.73. The van der Waals surface area contributed by atoms with Crippen molar-refractivity contribution in [3.8, 4) is 11.5 Å². The monoisotopic (exact) mass is 327 g/mol. The number of carbonyl (C=O) groups is 1. The van der Waals surface area contributed by atoms with E-state index in [-0.39, 0.29) is 0 Å². The maximum atomic E-state index is 11.9. The van der Waals surface area contributed by atoms with Crippen LogP contribution in [-0.2, 0) is 11.2 Å². The zero-order valence-electron chi connectivity index (χ0n) is 13.6. The standard InChI is InChI=1S/C19H21NO4/c1-23-15-8-6-14(7-9-15)10-11-20-12-13-24-17-5-3-2-4-16(17)18(20)19(21)22/h2-9,18H,10-13H2,1H3,(H,21,22). The number of carboxylic acid groups (broad SMARTS) is 1. The van der Waals surface area contributed by atoms with Crippen LogP contribution in [0.15, 0.2) is 48.5 Å². The molecule has 5 heteroatoms. The van der Waals surface area contributed by atoms with Crippen LogP contribution in [0.2, 0.25) is 0 Å². The minimum absolute atomic E-state index is 0.489. The van der Waals surface area contributed by atoms with Crippen molar-refractivity contribution in [3.05, 3.63) is 59.7 Å². The van der Waals surface area contributed by atoms with E-state index in [0.717, 1.165) is 23.3 Å². The van der Waals surface area contributed by atoms with Gasteiger partial charge in [-0.15, -0.1) is 0 Å². The van der Waals surface area contributed by atoms with Crippen molar-refractivity contribution in [2.45, 2.75) is 12.5 Å². The molecule has 0 fully saturated rings. The molecular formula is C19H21NO4. The van der Waals surface area contributed by atoms with Gasteiger partial charge < -0.3 is 14.6 Å². The Morgan fingerprint density at radius 3 is 2.71 bits per heavy atom. The molecule has 0 aliphatic carbocycles. The summed E-state index contributed by atoms with van der Waals surface area (Å²) in [5.74, 6) is 0.638. The fraction of sp³-hybridized carbons (Fsp3) is 0.316. The Bertz CT molecular complexity index is 699. The predicted molar refractivity (Wildman–Crippen MR) is 90.6 cm³/mol. The summed E-state index contributed by atoms with van der Waals surface area (Å²) in [6.07, 6.45) is 0.774. The van der Waals surface area contributed by atoms with Gasteiger partial charge in [0.25, 0.3) is 0 Å². The minimum atomic E-state index is -0.845. The molecule has 1 unspecified atom stereocenters. The van der Waals surface area contributed by atoms with Crippen molar-refractivity contribution >= 4 is 5.97 Å². The number of ether oxygens (including phenoxy) is 2. The Kier molecular flexibility index (Phi) is 5.01. The number of aliphatic carboxylic acids is 1. The predicted octanol–water partition coefficient (Wildman–Crippen LogP) is 2.76. The molecule has 3 rings (SSSR count). The van der Waals surface area contributed by atoms with Crippen LogP contribution < -0.4 is 9.47 Å². The van der Waals surface area contributed by atoms with Crippen molar-refractivity contribution in [2.75, 3.05) is 26.8 Å². The van der Waals surface area contributed by atoms with Crippen molar-refractivity contribution in [1.82, 2.24) is 4.90 Å². The van der Waals surface area contributed by atoms with Gasteiger partial charge in [-0.3, -0.25) is 9.69 Å². The number of hydrogen-bond acceptors (Lipinski definition) is 4. The van der Waals surface area contributed by atoms with Gasteiger partial charge in [0.1, 0.15) is 24.1 Å². The summed E-state index contributed by atoms with van der Waals surface area (Å²) in [6.45, 7) is 1.73. The lowest BCUT2D eigenvalue weighted by Crippen LogP contribution is -2.36. The first-order valence-corrected chi connectivity index (χ1v) is 8.00. The first-order valence-electron chi connectivity index (χ1n) is 8.00. The summed E-state index contributed by atoms with van der Waals surface area (Å²) >= 11 is 0. The second kappa shape index (κ2) is 7.36. The molecule has 0 amide bonds. The van der Waals surface area contributed by atoms with Crippen LogP contribution in [0.25, 0.3) is 0 Å². The third kappa shape index (κ3) is 3.51. The molecule has 2 aromatic rings. The summed E-state index contributed by atoms with van der Waals surface area (Å²) in [5.41, 5.74) is 1.87. The molecule has 0 radical (unpaired) electrons. The highest BCUT2D eigenvalue weighted by atomic mass is 16.5. The Morgan fingerprint density at radius 2 is 2.00 bits per heavy atom. The lowest BCUT2D eigenvalue weighted by atomic mass is 10.0. The Hall–Kier alpha value is -2.53. The van der Waals surface area contributed by atoms with E-state index in [1.807, 2.05) is 53.4 Å². The summed E-state index contributed by atoms with van der Waals surface area (Å²) in [7, 11) is 1.64. The quantitative estimate of drug-likeness (QED) is 0.915. The van der Waals surface area contributed by atoms with Gasteiger partial charge in [0.2, 0.25) is 0 Å². The summed E-state index contributed by atoms with van der Waals surface area (Å²) in [6, 6.07) is 14.6. The lowest BCUT2D eigenvalue weighted by Gasteiger charge is -2.26. The van der Waals surface area contributed by atoms with Gasteiger partial charge in [-0.2, -0.15) is 0 Å². The van der Waals surface area contributed by atoms with E-state index in [4.69, 9.17) is 9.47 Å². The van der Waals surface area contributed by atoms with Crippen LogP contribution in [0.4, 0.5) is 0 Å². The second-order valence-electron chi connectivity index (χ2n) is 5.76. The molecular weight excluding hydrogens is 306 g/mol. The number of para-hydroxylation sites is 1. The summed E-state index contributed by atoms with van der Waals surface area (Å²) < 4.78 is 10.9. The molecule has 0 bridgehead atoms. The highest BCUT2D eigenvalue weighted by Gasteiger charge is 2.31. The van der Waals surface area contributed by atoms with Crippen LogP contribution in [0.3, 0.4) is 0 Å². The van der Waals surface area contributed by atoms with E-state index >= 15 is 0 Å². The maximum Gasteiger partial charge on any atom is 0.325 e. The normalized spacial score (nSPS) is 17.5. The van der Waals surface area contributed by atoms with Crippen molar-refractivity contribution in [2.24, 2.45) is 0 Å². The highest BCUT2D eigenvalue weighted by Crippen LogP contribution is 2.32. The molecule has 1 aliphatic rings. The number of benzene rings is 2. The fourth-order valence-corrected chi connectivity index (χ4v) is 3.03. The molecule has 0 saturated carbocycles. The fourth-order valence-electron chi connectivity index (χ4n) is 3.03. The van der Waals surface area contributed by atoms with Crippen LogP contribution in [0.5, 0.6) is 11.5 Å². The van der Waals surface area contributed by atoms with Gasteiger partial charge in [0, 0.05) is 18.7 Å². The Labute approximate surface area is 141 Å². The minimum Gasteiger partial charge on any atom is -0.497 e. The third-order valence-corrected chi connectivity index (χ3v) is 4.30. The van der Waals surface area contributed by atoms with E-state index in [2.05, 4.69) is 0 Å². The van der Waals surface area contributed by atoms with Gasteiger partial charge in [-0.1, -0.05) is 30.3 Å². The number of carboxylic acids is 1. The number of nitrogens with zero attached hydrogens (tertiary/aromatic N) is 1. The van der Waals surface area contributed by atoms with Gasteiger partial charge >= 0.3 is 5.97 Å². The first-order chi connectivity index (χ1) is 11.7. The number of rotatable bonds is 5. The molecule has 1 N–H and O–H groups in total. The van der Waals surface area contributed by atoms with Crippen LogP contribution in [0, 0.1) is 0 Å². The molecule has 1 heterocycles. The topological polar surface area (TPSA) is 59.0 Å². The molecule has 0 aromatic heterocycles. The molecule has 1 aliphatic heterocycles. The van der Waals surface area contributed by atoms with Crippen molar-refractivity contribution in [3.63, 3.8) is 0 Å². The zero-order valence-corrected chi connectivity index (χ0v) is 13.6. The summed E-state index contributed by atoms with van der Waals surface area (Å²) in [4.78, 5) is 13.8.